The summed E-state index contributed by atoms with van der Waals surface area (Å²) >= 11 is 11.7. The Morgan fingerprint density at radius 2 is 1.62 bits per heavy atom. The number of carbonyl (C=O) groups excluding carboxylic acids is 1. The van der Waals surface area contributed by atoms with Gasteiger partial charge in [-0.3, -0.25) is 10.1 Å². The Kier molecular flexibility index (Phi) is 6.49. The van der Waals surface area contributed by atoms with Crippen molar-refractivity contribution in [1.82, 2.24) is 5.32 Å². The van der Waals surface area contributed by atoms with E-state index in [1.165, 1.54) is 13.0 Å². The summed E-state index contributed by atoms with van der Waals surface area (Å²) in [6.07, 6.45) is 0. The normalized spacial score (nSPS) is 13.4. The van der Waals surface area contributed by atoms with Crippen molar-refractivity contribution < 1.29 is 22.4 Å². The summed E-state index contributed by atoms with van der Waals surface area (Å²) in [5.74, 6) is -5.91. The maximum absolute atomic E-state index is 13.6. The minimum atomic E-state index is -1.68. The van der Waals surface area contributed by atoms with Crippen molar-refractivity contribution in [3.63, 3.8) is 0 Å². The molecular formula is C17H14Cl2F4N2O. The van der Waals surface area contributed by atoms with Gasteiger partial charge in [0.1, 0.15) is 5.82 Å². The molecule has 140 valence electrons. The van der Waals surface area contributed by atoms with E-state index in [0.717, 1.165) is 12.1 Å². The van der Waals surface area contributed by atoms with Gasteiger partial charge in [0, 0.05) is 11.1 Å². The Hall–Kier alpha value is -1.83. The van der Waals surface area contributed by atoms with Crippen LogP contribution < -0.4 is 10.6 Å². The summed E-state index contributed by atoms with van der Waals surface area (Å²) in [5.41, 5.74) is -0.127. The van der Waals surface area contributed by atoms with Crippen LogP contribution in [0.5, 0.6) is 0 Å². The van der Waals surface area contributed by atoms with Gasteiger partial charge in [-0.1, -0.05) is 23.2 Å². The maximum Gasteiger partial charge on any atom is 0.241 e. The Bertz CT molecular complexity index is 848. The molecule has 0 aliphatic rings. The lowest BCUT2D eigenvalue weighted by atomic mass is 10.1. The summed E-state index contributed by atoms with van der Waals surface area (Å²) in [5, 5.41) is 5.08. The van der Waals surface area contributed by atoms with Crippen LogP contribution in [-0.4, -0.2) is 11.9 Å². The van der Waals surface area contributed by atoms with Crippen LogP contribution in [0.1, 0.15) is 25.5 Å². The van der Waals surface area contributed by atoms with Crippen molar-refractivity contribution in [3.05, 3.63) is 63.1 Å². The van der Waals surface area contributed by atoms with Gasteiger partial charge >= 0.3 is 0 Å². The zero-order valence-corrected chi connectivity index (χ0v) is 15.2. The van der Waals surface area contributed by atoms with Gasteiger partial charge in [-0.05, 0) is 43.7 Å². The first kappa shape index (κ1) is 20.5. The SMILES string of the molecule is C[C@H](N[C@@H](C)c1cc(F)c(Cl)cc1Cl)C(=O)Nc1ccc(F)c(F)c1F. The Morgan fingerprint density at radius 1 is 0.962 bits per heavy atom. The Labute approximate surface area is 157 Å². The standard InChI is InChI=1S/C17H14Cl2F4N2O/c1-7(9-5-13(21)11(19)6-10(9)18)24-8(2)17(26)25-14-4-3-12(20)15(22)16(14)23/h3-8,24H,1-2H3,(H,25,26)/t7-,8-/m0/s1. The van der Waals surface area contributed by atoms with Crippen molar-refractivity contribution >= 4 is 34.8 Å². The van der Waals surface area contributed by atoms with Gasteiger partial charge in [0.05, 0.1) is 16.8 Å². The molecule has 0 spiro atoms. The lowest BCUT2D eigenvalue weighted by Crippen LogP contribution is -2.39. The molecule has 2 rings (SSSR count). The van der Waals surface area contributed by atoms with Gasteiger partial charge in [-0.2, -0.15) is 0 Å². The fraction of sp³-hybridized carbons (Fsp3) is 0.235. The second-order valence-electron chi connectivity index (χ2n) is 5.61. The highest BCUT2D eigenvalue weighted by molar-refractivity contribution is 6.35. The van der Waals surface area contributed by atoms with Crippen molar-refractivity contribution in [2.45, 2.75) is 25.9 Å². The van der Waals surface area contributed by atoms with Crippen LogP contribution in [0.15, 0.2) is 24.3 Å². The first-order valence-electron chi connectivity index (χ1n) is 7.46. The number of benzene rings is 2. The smallest absolute Gasteiger partial charge is 0.241 e. The molecule has 0 bridgehead atoms. The van der Waals surface area contributed by atoms with Gasteiger partial charge in [-0.25, -0.2) is 17.6 Å². The van der Waals surface area contributed by atoms with Gasteiger partial charge in [0.15, 0.2) is 17.5 Å². The third-order valence-electron chi connectivity index (χ3n) is 3.69. The number of nitrogens with one attached hydrogen (secondary N) is 2. The van der Waals surface area contributed by atoms with E-state index in [2.05, 4.69) is 10.6 Å². The predicted octanol–water partition coefficient (Wildman–Crippen LogP) is 5.23. The minimum absolute atomic E-state index is 0.134. The summed E-state index contributed by atoms with van der Waals surface area (Å²) in [6, 6.07) is 2.56. The van der Waals surface area contributed by atoms with E-state index < -0.39 is 46.9 Å². The molecule has 0 aromatic heterocycles. The van der Waals surface area contributed by atoms with Crippen LogP contribution in [-0.2, 0) is 4.79 Å². The number of hydrogen-bond donors (Lipinski definition) is 2. The zero-order valence-electron chi connectivity index (χ0n) is 13.6. The monoisotopic (exact) mass is 408 g/mol. The molecular weight excluding hydrogens is 395 g/mol. The van der Waals surface area contributed by atoms with Gasteiger partial charge in [0.25, 0.3) is 0 Å². The third kappa shape index (κ3) is 4.47. The van der Waals surface area contributed by atoms with Crippen LogP contribution in [0.4, 0.5) is 23.2 Å². The molecule has 0 radical (unpaired) electrons. The highest BCUT2D eigenvalue weighted by Crippen LogP contribution is 2.29. The van der Waals surface area contributed by atoms with E-state index in [-0.39, 0.29) is 10.0 Å². The highest BCUT2D eigenvalue weighted by atomic mass is 35.5. The lowest BCUT2D eigenvalue weighted by Gasteiger charge is -2.21. The molecule has 0 heterocycles. The van der Waals surface area contributed by atoms with Gasteiger partial charge in [-0.15, -0.1) is 0 Å². The van der Waals surface area contributed by atoms with E-state index in [0.29, 0.717) is 11.6 Å². The summed E-state index contributed by atoms with van der Waals surface area (Å²) in [4.78, 5) is 12.1. The lowest BCUT2D eigenvalue weighted by molar-refractivity contribution is -0.118. The topological polar surface area (TPSA) is 41.1 Å². The van der Waals surface area contributed by atoms with Crippen LogP contribution in [0.2, 0.25) is 10.0 Å². The fourth-order valence-electron chi connectivity index (χ4n) is 2.27. The van der Waals surface area contributed by atoms with E-state index in [1.807, 2.05) is 0 Å². The minimum Gasteiger partial charge on any atom is -0.322 e. The summed E-state index contributed by atoms with van der Waals surface area (Å²) < 4.78 is 53.4. The Morgan fingerprint density at radius 3 is 2.27 bits per heavy atom. The maximum atomic E-state index is 13.6. The second-order valence-corrected chi connectivity index (χ2v) is 6.42. The van der Waals surface area contributed by atoms with Crippen LogP contribution >= 0.6 is 23.2 Å². The fourth-order valence-corrected chi connectivity index (χ4v) is 2.82. The molecule has 1 amide bonds. The number of amides is 1. The van der Waals surface area contributed by atoms with Crippen molar-refractivity contribution in [3.8, 4) is 0 Å². The largest absolute Gasteiger partial charge is 0.322 e. The highest BCUT2D eigenvalue weighted by Gasteiger charge is 2.21. The molecule has 0 saturated carbocycles. The molecule has 26 heavy (non-hydrogen) atoms. The number of hydrogen-bond acceptors (Lipinski definition) is 2. The average molecular weight is 409 g/mol. The van der Waals surface area contributed by atoms with Crippen molar-refractivity contribution in [2.75, 3.05) is 5.32 Å². The number of halogens is 6. The molecule has 2 atom stereocenters. The molecule has 2 aromatic rings. The van der Waals surface area contributed by atoms with Crippen molar-refractivity contribution in [2.24, 2.45) is 0 Å². The zero-order chi connectivity index (χ0) is 19.6. The first-order valence-corrected chi connectivity index (χ1v) is 8.22. The molecule has 0 aliphatic carbocycles. The number of carbonyl (C=O) groups is 1. The van der Waals surface area contributed by atoms with E-state index in [4.69, 9.17) is 23.2 Å². The molecule has 0 aliphatic heterocycles. The average Bonchev–Trinajstić information content (AvgIpc) is 2.58. The molecule has 2 aromatic carbocycles. The summed E-state index contributed by atoms with van der Waals surface area (Å²) in [7, 11) is 0. The predicted molar refractivity (Wildman–Crippen MR) is 92.4 cm³/mol. The molecule has 3 nitrogen and oxygen atoms in total. The first-order chi connectivity index (χ1) is 12.1. The van der Waals surface area contributed by atoms with Gasteiger partial charge in [0.2, 0.25) is 5.91 Å². The third-order valence-corrected chi connectivity index (χ3v) is 4.31. The quantitative estimate of drug-likeness (QED) is 0.404. The molecule has 2 N–H and O–H groups in total. The molecule has 9 heteroatoms. The van der Waals surface area contributed by atoms with E-state index in [9.17, 15) is 22.4 Å². The van der Waals surface area contributed by atoms with Crippen molar-refractivity contribution in [1.29, 1.82) is 0 Å². The van der Waals surface area contributed by atoms with Crippen LogP contribution in [0.3, 0.4) is 0 Å². The molecule has 0 fully saturated rings. The number of rotatable bonds is 5. The second kappa shape index (κ2) is 8.24. The van der Waals surface area contributed by atoms with E-state index in [1.54, 1.807) is 6.92 Å². The van der Waals surface area contributed by atoms with Crippen LogP contribution in [0, 0.1) is 23.3 Å². The van der Waals surface area contributed by atoms with Gasteiger partial charge < -0.3 is 5.32 Å². The summed E-state index contributed by atoms with van der Waals surface area (Å²) in [6.45, 7) is 3.10. The number of anilines is 1. The molecule has 0 unspecified atom stereocenters. The Balaban J connectivity index is 2.10. The van der Waals surface area contributed by atoms with E-state index >= 15 is 0 Å². The molecule has 0 saturated heterocycles. The van der Waals surface area contributed by atoms with Crippen LogP contribution in [0.25, 0.3) is 0 Å².